The Morgan fingerprint density at radius 3 is 2.53 bits per heavy atom. The van der Waals surface area contributed by atoms with Gasteiger partial charge in [-0.3, -0.25) is 9.59 Å². The average Bonchev–Trinajstić information content (AvgIpc) is 2.71. The Morgan fingerprint density at radius 1 is 1.42 bits per heavy atom. The van der Waals surface area contributed by atoms with Gasteiger partial charge in [0.15, 0.2) is 0 Å². The Hall–Kier alpha value is -1.12. The zero-order valence-corrected chi connectivity index (χ0v) is 11.0. The molecule has 1 unspecified atom stereocenters. The van der Waals surface area contributed by atoms with E-state index >= 15 is 0 Å². The van der Waals surface area contributed by atoms with Gasteiger partial charge in [0.25, 0.3) is 0 Å². The standard InChI is InChI=1S/C11H21BN2O5/c1-7(13)10(15)14-5-8(3-2-4-12(18)19)9(6-14)11(16)17/h7-9,18-19H,2-6,13H2,1H3,(H,16,17)/t7?,8-,9+/m0/s1. The molecule has 19 heavy (non-hydrogen) atoms. The first-order valence-corrected chi connectivity index (χ1v) is 6.46. The van der Waals surface area contributed by atoms with Gasteiger partial charge in [-0.2, -0.15) is 0 Å². The smallest absolute Gasteiger partial charge is 0.451 e. The minimum atomic E-state index is -1.37. The number of aliphatic carboxylic acids is 1. The second kappa shape index (κ2) is 6.88. The van der Waals surface area contributed by atoms with Crippen LogP contribution >= 0.6 is 0 Å². The minimum Gasteiger partial charge on any atom is -0.481 e. The van der Waals surface area contributed by atoms with Crippen LogP contribution in [0.3, 0.4) is 0 Å². The predicted molar refractivity (Wildman–Crippen MR) is 69.1 cm³/mol. The number of carbonyl (C=O) groups excluding carboxylic acids is 1. The number of carboxylic acid groups (broad SMARTS) is 1. The molecule has 1 aliphatic rings. The molecule has 1 fully saturated rings. The second-order valence-electron chi connectivity index (χ2n) is 5.15. The molecular formula is C11H21BN2O5. The summed E-state index contributed by atoms with van der Waals surface area (Å²) in [6, 6.07) is -0.632. The van der Waals surface area contributed by atoms with Crippen molar-refractivity contribution in [3.05, 3.63) is 0 Å². The number of amides is 1. The number of hydrogen-bond acceptors (Lipinski definition) is 5. The van der Waals surface area contributed by atoms with E-state index in [-0.39, 0.29) is 24.7 Å². The fourth-order valence-electron chi connectivity index (χ4n) is 2.47. The highest BCUT2D eigenvalue weighted by molar-refractivity contribution is 6.40. The first-order valence-electron chi connectivity index (χ1n) is 6.46. The van der Waals surface area contributed by atoms with Crippen molar-refractivity contribution in [3.63, 3.8) is 0 Å². The van der Waals surface area contributed by atoms with Gasteiger partial charge >= 0.3 is 13.1 Å². The summed E-state index contributed by atoms with van der Waals surface area (Å²) < 4.78 is 0. The third-order valence-corrected chi connectivity index (χ3v) is 3.50. The molecule has 1 amide bonds. The summed E-state index contributed by atoms with van der Waals surface area (Å²) in [4.78, 5) is 24.4. The molecule has 1 saturated heterocycles. The van der Waals surface area contributed by atoms with Crippen LogP contribution in [0, 0.1) is 11.8 Å². The van der Waals surface area contributed by atoms with Crippen molar-refractivity contribution < 1.29 is 24.7 Å². The third kappa shape index (κ3) is 4.48. The van der Waals surface area contributed by atoms with E-state index in [1.807, 2.05) is 0 Å². The van der Waals surface area contributed by atoms with Gasteiger partial charge in [-0.25, -0.2) is 0 Å². The highest BCUT2D eigenvalue weighted by Crippen LogP contribution is 2.28. The molecular weight excluding hydrogens is 251 g/mol. The molecule has 1 aliphatic heterocycles. The summed E-state index contributed by atoms with van der Waals surface area (Å²) in [6.45, 7) is 2.13. The quantitative estimate of drug-likeness (QED) is 0.448. The van der Waals surface area contributed by atoms with Gasteiger partial charge in [0.2, 0.25) is 5.91 Å². The normalized spacial score (nSPS) is 24.3. The van der Waals surface area contributed by atoms with E-state index in [1.165, 1.54) is 4.90 Å². The summed E-state index contributed by atoms with van der Waals surface area (Å²) in [5.41, 5.74) is 5.52. The fraction of sp³-hybridized carbons (Fsp3) is 0.818. The summed E-state index contributed by atoms with van der Waals surface area (Å²) in [5.74, 6) is -1.91. The number of carbonyl (C=O) groups is 2. The van der Waals surface area contributed by atoms with Crippen LogP contribution in [0.1, 0.15) is 19.8 Å². The second-order valence-corrected chi connectivity index (χ2v) is 5.15. The van der Waals surface area contributed by atoms with E-state index in [2.05, 4.69) is 0 Å². The number of carboxylic acids is 1. The number of rotatable bonds is 6. The Kier molecular flexibility index (Phi) is 5.77. The zero-order valence-electron chi connectivity index (χ0n) is 11.0. The van der Waals surface area contributed by atoms with Gasteiger partial charge in [-0.05, 0) is 25.6 Å². The molecule has 0 aliphatic carbocycles. The molecule has 0 aromatic heterocycles. The van der Waals surface area contributed by atoms with Crippen LogP contribution in [-0.4, -0.2) is 58.2 Å². The number of nitrogens with two attached hydrogens (primary N) is 1. The Balaban J connectivity index is 2.58. The van der Waals surface area contributed by atoms with Crippen LogP contribution in [0.25, 0.3) is 0 Å². The first-order chi connectivity index (χ1) is 8.82. The van der Waals surface area contributed by atoms with Crippen molar-refractivity contribution in [2.45, 2.75) is 32.1 Å². The maximum Gasteiger partial charge on any atom is 0.451 e. The maximum absolute atomic E-state index is 11.8. The lowest BCUT2D eigenvalue weighted by Gasteiger charge is -2.18. The molecule has 5 N–H and O–H groups in total. The van der Waals surface area contributed by atoms with Crippen LogP contribution in [0.4, 0.5) is 0 Å². The Bertz CT molecular complexity index is 337. The number of nitrogens with zero attached hydrogens (tertiary/aromatic N) is 1. The number of likely N-dealkylation sites (tertiary alicyclic amines) is 1. The molecule has 7 nitrogen and oxygen atoms in total. The van der Waals surface area contributed by atoms with Crippen molar-refractivity contribution in [1.82, 2.24) is 4.90 Å². The fourth-order valence-corrected chi connectivity index (χ4v) is 2.47. The van der Waals surface area contributed by atoms with Crippen LogP contribution < -0.4 is 5.73 Å². The van der Waals surface area contributed by atoms with Crippen molar-refractivity contribution in [2.75, 3.05) is 13.1 Å². The topological polar surface area (TPSA) is 124 Å². The van der Waals surface area contributed by atoms with E-state index < -0.39 is 25.0 Å². The monoisotopic (exact) mass is 272 g/mol. The minimum absolute atomic E-state index is 0.154. The zero-order chi connectivity index (χ0) is 14.6. The largest absolute Gasteiger partial charge is 0.481 e. The van der Waals surface area contributed by atoms with E-state index in [4.69, 9.17) is 20.9 Å². The van der Waals surface area contributed by atoms with Gasteiger partial charge in [-0.1, -0.05) is 6.42 Å². The van der Waals surface area contributed by atoms with Crippen LogP contribution in [0.15, 0.2) is 0 Å². The molecule has 108 valence electrons. The third-order valence-electron chi connectivity index (χ3n) is 3.50. The Morgan fingerprint density at radius 2 is 2.05 bits per heavy atom. The van der Waals surface area contributed by atoms with Crippen molar-refractivity contribution in [2.24, 2.45) is 17.6 Å². The van der Waals surface area contributed by atoms with Crippen molar-refractivity contribution in [1.29, 1.82) is 0 Å². The molecule has 0 aromatic rings. The SMILES string of the molecule is CC(N)C(=O)N1C[C@H](CCCB(O)O)[C@H](C(=O)O)C1. The summed E-state index contributed by atoms with van der Waals surface area (Å²) >= 11 is 0. The van der Waals surface area contributed by atoms with Gasteiger partial charge in [0.1, 0.15) is 0 Å². The van der Waals surface area contributed by atoms with Crippen molar-refractivity contribution in [3.8, 4) is 0 Å². The molecule has 0 bridgehead atoms. The van der Waals surface area contributed by atoms with Crippen LogP contribution in [0.5, 0.6) is 0 Å². The van der Waals surface area contributed by atoms with Gasteiger partial charge < -0.3 is 25.8 Å². The molecule has 0 saturated carbocycles. The van der Waals surface area contributed by atoms with E-state index in [0.717, 1.165) is 0 Å². The summed E-state index contributed by atoms with van der Waals surface area (Å²) in [5, 5.41) is 26.7. The van der Waals surface area contributed by atoms with Gasteiger partial charge in [-0.15, -0.1) is 0 Å². The van der Waals surface area contributed by atoms with E-state index in [0.29, 0.717) is 19.4 Å². The molecule has 0 radical (unpaired) electrons. The summed E-state index contributed by atoms with van der Waals surface area (Å²) in [6.07, 6.45) is 1.29. The summed E-state index contributed by atoms with van der Waals surface area (Å²) in [7, 11) is -1.37. The lowest BCUT2D eigenvalue weighted by Crippen LogP contribution is -2.41. The van der Waals surface area contributed by atoms with E-state index in [9.17, 15) is 9.59 Å². The molecule has 1 heterocycles. The highest BCUT2D eigenvalue weighted by Gasteiger charge is 2.39. The first kappa shape index (κ1) is 15.9. The molecule has 1 rings (SSSR count). The van der Waals surface area contributed by atoms with Crippen molar-refractivity contribution >= 4 is 19.0 Å². The van der Waals surface area contributed by atoms with Gasteiger partial charge in [0, 0.05) is 13.1 Å². The number of hydrogen-bond donors (Lipinski definition) is 4. The lowest BCUT2D eigenvalue weighted by molar-refractivity contribution is -0.142. The van der Waals surface area contributed by atoms with Crippen LogP contribution in [0.2, 0.25) is 6.32 Å². The highest BCUT2D eigenvalue weighted by atomic mass is 16.4. The molecule has 8 heteroatoms. The molecule has 0 aromatic carbocycles. The maximum atomic E-state index is 11.8. The van der Waals surface area contributed by atoms with Gasteiger partial charge in [0.05, 0.1) is 12.0 Å². The lowest BCUT2D eigenvalue weighted by atomic mass is 9.80. The van der Waals surface area contributed by atoms with E-state index in [1.54, 1.807) is 6.92 Å². The molecule has 3 atom stereocenters. The predicted octanol–water partition coefficient (Wildman–Crippen LogP) is -1.25. The average molecular weight is 272 g/mol. The van der Waals surface area contributed by atoms with Crippen LogP contribution in [-0.2, 0) is 9.59 Å². The Labute approximate surface area is 112 Å². The molecule has 0 spiro atoms.